The van der Waals surface area contributed by atoms with Crippen LogP contribution >= 0.6 is 0 Å². The smallest absolute Gasteiger partial charge is 0.328 e. The maximum Gasteiger partial charge on any atom is 0.328 e. The second kappa shape index (κ2) is 4.25. The largest absolute Gasteiger partial charge is 0.478 e. The molecule has 1 aromatic carbocycles. The third-order valence-corrected chi connectivity index (χ3v) is 4.23. The molecule has 0 atom stereocenters. The molecule has 1 saturated heterocycles. The van der Waals surface area contributed by atoms with Crippen molar-refractivity contribution in [2.24, 2.45) is 0 Å². The van der Waals surface area contributed by atoms with Crippen molar-refractivity contribution in [3.05, 3.63) is 41.5 Å². The van der Waals surface area contributed by atoms with Gasteiger partial charge in [0.05, 0.1) is 0 Å². The highest BCUT2D eigenvalue weighted by atomic mass is 16.4. The summed E-state index contributed by atoms with van der Waals surface area (Å²) >= 11 is 0. The average molecular weight is 243 g/mol. The summed E-state index contributed by atoms with van der Waals surface area (Å²) in [4.78, 5) is 10.9. The van der Waals surface area contributed by atoms with E-state index in [2.05, 4.69) is 23.5 Å². The Hall–Kier alpha value is -1.61. The minimum Gasteiger partial charge on any atom is -0.478 e. The molecule has 1 aromatic rings. The van der Waals surface area contributed by atoms with Gasteiger partial charge in [-0.05, 0) is 49.1 Å². The van der Waals surface area contributed by atoms with E-state index >= 15 is 0 Å². The van der Waals surface area contributed by atoms with Gasteiger partial charge in [0.15, 0.2) is 0 Å². The summed E-state index contributed by atoms with van der Waals surface area (Å²) in [6.45, 7) is 2.05. The zero-order valence-electron chi connectivity index (χ0n) is 10.3. The lowest BCUT2D eigenvalue weighted by Crippen LogP contribution is -2.38. The van der Waals surface area contributed by atoms with Crippen molar-refractivity contribution in [3.63, 3.8) is 0 Å². The van der Waals surface area contributed by atoms with Crippen LogP contribution in [0.3, 0.4) is 0 Å². The molecule has 2 aliphatic rings. The molecule has 1 spiro atoms. The van der Waals surface area contributed by atoms with Crippen LogP contribution in [0.1, 0.15) is 30.4 Å². The van der Waals surface area contributed by atoms with Crippen LogP contribution in [-0.4, -0.2) is 24.2 Å². The number of nitrogens with one attached hydrogen (secondary N) is 1. The van der Waals surface area contributed by atoms with Gasteiger partial charge in [0.1, 0.15) is 0 Å². The third kappa shape index (κ3) is 1.75. The van der Waals surface area contributed by atoms with E-state index in [0.717, 1.165) is 43.5 Å². The molecule has 1 aliphatic heterocycles. The number of allylic oxidation sites excluding steroid dienone is 1. The Kier molecular flexibility index (Phi) is 2.71. The maximum atomic E-state index is 10.9. The van der Waals surface area contributed by atoms with Crippen LogP contribution < -0.4 is 5.32 Å². The molecule has 1 fully saturated rings. The number of rotatable bonds is 1. The summed E-state index contributed by atoms with van der Waals surface area (Å²) in [6.07, 6.45) is 4.46. The second-order valence-electron chi connectivity index (χ2n) is 5.26. The van der Waals surface area contributed by atoms with E-state index in [1.54, 1.807) is 0 Å². The number of benzene rings is 1. The summed E-state index contributed by atoms with van der Waals surface area (Å²) in [5.41, 5.74) is 3.64. The fraction of sp³-hybridized carbons (Fsp3) is 0.400. The van der Waals surface area contributed by atoms with E-state index in [9.17, 15) is 4.79 Å². The number of hydrogen-bond donors (Lipinski definition) is 2. The fourth-order valence-corrected chi connectivity index (χ4v) is 3.41. The van der Waals surface area contributed by atoms with Crippen molar-refractivity contribution in [1.29, 1.82) is 0 Å². The van der Waals surface area contributed by atoms with Crippen molar-refractivity contribution in [2.45, 2.75) is 24.7 Å². The van der Waals surface area contributed by atoms with Crippen molar-refractivity contribution in [2.75, 3.05) is 13.1 Å². The number of hydrogen-bond acceptors (Lipinski definition) is 2. The Balaban J connectivity index is 2.09. The number of aliphatic carboxylic acids is 1. The van der Waals surface area contributed by atoms with Crippen LogP contribution in [0.5, 0.6) is 0 Å². The van der Waals surface area contributed by atoms with E-state index in [-0.39, 0.29) is 5.41 Å². The monoisotopic (exact) mass is 243 g/mol. The molecular formula is C15H17NO2. The van der Waals surface area contributed by atoms with Crippen LogP contribution in [0.15, 0.2) is 30.3 Å². The molecule has 0 radical (unpaired) electrons. The van der Waals surface area contributed by atoms with Crippen LogP contribution in [0.4, 0.5) is 0 Å². The lowest BCUT2D eigenvalue weighted by Gasteiger charge is -2.34. The van der Waals surface area contributed by atoms with Crippen molar-refractivity contribution in [3.8, 4) is 0 Å². The maximum absolute atomic E-state index is 10.9. The molecule has 3 nitrogen and oxygen atoms in total. The zero-order chi connectivity index (χ0) is 12.6. The summed E-state index contributed by atoms with van der Waals surface area (Å²) < 4.78 is 0. The number of carboxylic acid groups (broad SMARTS) is 1. The van der Waals surface area contributed by atoms with Gasteiger partial charge in [0, 0.05) is 11.5 Å². The lowest BCUT2D eigenvalue weighted by atomic mass is 9.74. The number of carbonyl (C=O) groups is 1. The van der Waals surface area contributed by atoms with Crippen molar-refractivity contribution < 1.29 is 9.90 Å². The Morgan fingerprint density at radius 2 is 2.00 bits per heavy atom. The van der Waals surface area contributed by atoms with Crippen molar-refractivity contribution >= 4 is 11.5 Å². The lowest BCUT2D eigenvalue weighted by molar-refractivity contribution is -0.131. The molecule has 3 rings (SSSR count). The summed E-state index contributed by atoms with van der Waals surface area (Å²) in [7, 11) is 0. The van der Waals surface area contributed by atoms with Gasteiger partial charge in [0.2, 0.25) is 0 Å². The van der Waals surface area contributed by atoms with E-state index < -0.39 is 5.97 Å². The molecule has 94 valence electrons. The van der Waals surface area contributed by atoms with Crippen LogP contribution in [0.2, 0.25) is 0 Å². The van der Waals surface area contributed by atoms with Gasteiger partial charge in [-0.2, -0.15) is 0 Å². The van der Waals surface area contributed by atoms with E-state index in [4.69, 9.17) is 5.11 Å². The standard InChI is InChI=1S/C15H17NO2/c17-14(18)9-11-10-15(5-7-16-8-6-15)13-4-2-1-3-12(11)13/h1-4,9,16H,5-8,10H2,(H,17,18). The Morgan fingerprint density at radius 1 is 1.28 bits per heavy atom. The minimum atomic E-state index is -0.842. The van der Waals surface area contributed by atoms with Gasteiger partial charge >= 0.3 is 5.97 Å². The summed E-state index contributed by atoms with van der Waals surface area (Å²) in [5, 5.41) is 12.4. The molecule has 2 N–H and O–H groups in total. The fourth-order valence-electron chi connectivity index (χ4n) is 3.41. The minimum absolute atomic E-state index is 0.170. The third-order valence-electron chi connectivity index (χ3n) is 4.23. The van der Waals surface area contributed by atoms with Gasteiger partial charge in [-0.15, -0.1) is 0 Å². The molecule has 0 unspecified atom stereocenters. The first-order chi connectivity index (χ1) is 8.71. The summed E-state index contributed by atoms with van der Waals surface area (Å²) in [5.74, 6) is -0.842. The van der Waals surface area contributed by atoms with Crippen molar-refractivity contribution in [1.82, 2.24) is 5.32 Å². The number of fused-ring (bicyclic) bond motifs is 2. The Bertz CT molecular complexity index is 513. The average Bonchev–Trinajstić information content (AvgIpc) is 2.65. The topological polar surface area (TPSA) is 49.3 Å². The summed E-state index contributed by atoms with van der Waals surface area (Å²) in [6, 6.07) is 8.28. The van der Waals surface area contributed by atoms with Gasteiger partial charge in [-0.25, -0.2) is 4.79 Å². The van der Waals surface area contributed by atoms with Crippen LogP contribution in [0, 0.1) is 0 Å². The molecular weight excluding hydrogens is 226 g/mol. The molecule has 1 heterocycles. The van der Waals surface area contributed by atoms with E-state index in [1.165, 1.54) is 11.6 Å². The highest BCUT2D eigenvalue weighted by molar-refractivity contribution is 5.92. The highest BCUT2D eigenvalue weighted by Crippen LogP contribution is 2.50. The van der Waals surface area contributed by atoms with E-state index in [1.807, 2.05) is 6.07 Å². The van der Waals surface area contributed by atoms with Gasteiger partial charge in [-0.3, -0.25) is 0 Å². The first-order valence-electron chi connectivity index (χ1n) is 6.45. The molecule has 18 heavy (non-hydrogen) atoms. The molecule has 0 saturated carbocycles. The number of carboxylic acids is 1. The quantitative estimate of drug-likeness (QED) is 0.743. The highest BCUT2D eigenvalue weighted by Gasteiger charge is 2.41. The molecule has 0 bridgehead atoms. The van der Waals surface area contributed by atoms with Crippen LogP contribution in [0.25, 0.3) is 5.57 Å². The van der Waals surface area contributed by atoms with Gasteiger partial charge in [-0.1, -0.05) is 24.3 Å². The molecule has 3 heteroatoms. The first-order valence-corrected chi connectivity index (χ1v) is 6.45. The normalized spacial score (nSPS) is 23.2. The number of piperidine rings is 1. The van der Waals surface area contributed by atoms with E-state index in [0.29, 0.717) is 0 Å². The molecule has 1 aliphatic carbocycles. The first kappa shape index (κ1) is 11.5. The Labute approximate surface area is 107 Å². The molecule has 0 aromatic heterocycles. The zero-order valence-corrected chi connectivity index (χ0v) is 10.3. The predicted molar refractivity (Wildman–Crippen MR) is 70.5 cm³/mol. The van der Waals surface area contributed by atoms with Gasteiger partial charge < -0.3 is 10.4 Å². The molecule has 0 amide bonds. The second-order valence-corrected chi connectivity index (χ2v) is 5.26. The predicted octanol–water partition coefficient (Wildman–Crippen LogP) is 2.18. The van der Waals surface area contributed by atoms with Crippen LogP contribution in [-0.2, 0) is 10.2 Å². The Morgan fingerprint density at radius 3 is 2.72 bits per heavy atom. The SMILES string of the molecule is O=C(O)C=C1CC2(CCNCC2)c2ccccc21. The van der Waals surface area contributed by atoms with Gasteiger partial charge in [0.25, 0.3) is 0 Å².